The molecule has 57 heavy (non-hydrogen) atoms. The summed E-state index contributed by atoms with van der Waals surface area (Å²) in [7, 11) is -3.08. The normalized spacial score (nSPS) is 13.1. The SMILES string of the molecule is c1ccc(-c2nc(-c3ccccc3)c3c(n2)-c2ccc(-n4c5ccccc5c5c6c(ccc54)oc4ccccc46)cc2[Si]3(c2ccccc2)c2ccccc2)cc1. The molecule has 3 aromatic heterocycles. The summed E-state index contributed by atoms with van der Waals surface area (Å²) in [5.41, 5.74) is 10.5. The number of fused-ring (bicyclic) bond motifs is 10. The fourth-order valence-corrected chi connectivity index (χ4v) is 14.8. The quantitative estimate of drug-likeness (QED) is 0.165. The van der Waals surface area contributed by atoms with Crippen molar-refractivity contribution in [1.82, 2.24) is 14.5 Å². The molecule has 4 heterocycles. The molecule has 0 aliphatic carbocycles. The molecular weight excluding hydrogens is 711 g/mol. The molecule has 0 radical (unpaired) electrons. The lowest BCUT2D eigenvalue weighted by atomic mass is 10.1. The molecule has 0 amide bonds. The highest BCUT2D eigenvalue weighted by Crippen LogP contribution is 2.42. The topological polar surface area (TPSA) is 43.9 Å². The highest BCUT2D eigenvalue weighted by atomic mass is 28.3. The van der Waals surface area contributed by atoms with Gasteiger partial charge in [-0.15, -0.1) is 0 Å². The monoisotopic (exact) mass is 743 g/mol. The Balaban J connectivity index is 1.23. The first-order valence-electron chi connectivity index (χ1n) is 19.4. The van der Waals surface area contributed by atoms with Gasteiger partial charge in [-0.1, -0.05) is 164 Å². The summed E-state index contributed by atoms with van der Waals surface area (Å²) in [5.74, 6) is 0.730. The second-order valence-electron chi connectivity index (χ2n) is 14.8. The number of nitrogens with zero attached hydrogens (tertiary/aromatic N) is 3. The summed E-state index contributed by atoms with van der Waals surface area (Å²) in [6.45, 7) is 0. The summed E-state index contributed by atoms with van der Waals surface area (Å²) in [5, 5.41) is 9.83. The van der Waals surface area contributed by atoms with Crippen molar-refractivity contribution in [3.05, 3.63) is 200 Å². The molecule has 4 nitrogen and oxygen atoms in total. The third-order valence-electron chi connectivity index (χ3n) is 11.9. The van der Waals surface area contributed by atoms with Crippen molar-refractivity contribution in [2.45, 2.75) is 0 Å². The summed E-state index contributed by atoms with van der Waals surface area (Å²) in [4.78, 5) is 11.1. The van der Waals surface area contributed by atoms with Crippen molar-refractivity contribution in [3.8, 4) is 39.6 Å². The summed E-state index contributed by atoms with van der Waals surface area (Å²) in [6, 6.07) is 72.0. The Hall–Kier alpha value is -7.34. The smallest absolute Gasteiger partial charge is 0.185 e. The Morgan fingerprint density at radius 1 is 0.439 bits per heavy atom. The van der Waals surface area contributed by atoms with Crippen molar-refractivity contribution in [2.75, 3.05) is 0 Å². The Bertz CT molecular complexity index is 3300. The lowest BCUT2D eigenvalue weighted by molar-refractivity contribution is 0.669. The van der Waals surface area contributed by atoms with Crippen LogP contribution in [0.5, 0.6) is 0 Å². The first-order chi connectivity index (χ1) is 28.3. The third-order valence-corrected chi connectivity index (χ3v) is 16.7. The summed E-state index contributed by atoms with van der Waals surface area (Å²) < 4.78 is 8.87. The van der Waals surface area contributed by atoms with Crippen molar-refractivity contribution in [1.29, 1.82) is 0 Å². The Morgan fingerprint density at radius 3 is 1.75 bits per heavy atom. The second kappa shape index (κ2) is 12.3. The van der Waals surface area contributed by atoms with Gasteiger partial charge in [0.2, 0.25) is 0 Å². The fourth-order valence-electron chi connectivity index (χ4n) is 9.55. The zero-order valence-electron chi connectivity index (χ0n) is 30.8. The molecule has 0 saturated carbocycles. The van der Waals surface area contributed by atoms with Gasteiger partial charge in [0, 0.05) is 49.1 Å². The van der Waals surface area contributed by atoms with Crippen LogP contribution in [0.2, 0.25) is 0 Å². The molecule has 8 aromatic carbocycles. The molecule has 0 spiro atoms. The Labute approximate surface area is 330 Å². The zero-order chi connectivity index (χ0) is 37.5. The molecule has 12 rings (SSSR count). The Morgan fingerprint density at radius 2 is 1.04 bits per heavy atom. The number of hydrogen-bond acceptors (Lipinski definition) is 3. The standard InChI is InChI=1S/C52H33N3OSi/c1-5-17-34(18-6-1)49-51-50(54-52(53-49)35-19-7-2-8-20-35)41-30-29-36(33-46(41)57(51,37-21-9-3-10-22-37)38-23-11-4-12-24-38)55-42-27-15-13-25-39(42)47-43(55)31-32-45-48(47)40-26-14-16-28-44(40)56-45/h1-33H. The van der Waals surface area contributed by atoms with Gasteiger partial charge in [-0.05, 0) is 52.0 Å². The van der Waals surface area contributed by atoms with Gasteiger partial charge in [0.25, 0.3) is 0 Å². The van der Waals surface area contributed by atoms with E-state index in [2.05, 4.69) is 193 Å². The average Bonchev–Trinajstić information content (AvgIpc) is 3.93. The van der Waals surface area contributed by atoms with Crippen LogP contribution >= 0.6 is 0 Å². The number of para-hydroxylation sites is 2. The van der Waals surface area contributed by atoms with Gasteiger partial charge >= 0.3 is 0 Å². The molecule has 0 fully saturated rings. The number of aromatic nitrogens is 3. The molecule has 0 unspecified atom stereocenters. The van der Waals surface area contributed by atoms with Gasteiger partial charge in [0.05, 0.1) is 22.4 Å². The highest BCUT2D eigenvalue weighted by molar-refractivity contribution is 7.22. The van der Waals surface area contributed by atoms with E-state index in [1.54, 1.807) is 0 Å². The molecule has 0 saturated heterocycles. The molecule has 0 bridgehead atoms. The first-order valence-corrected chi connectivity index (χ1v) is 21.4. The van der Waals surface area contributed by atoms with Crippen molar-refractivity contribution < 1.29 is 4.42 Å². The van der Waals surface area contributed by atoms with E-state index in [1.165, 1.54) is 31.5 Å². The average molecular weight is 744 g/mol. The van der Waals surface area contributed by atoms with Crippen LogP contribution in [-0.4, -0.2) is 22.6 Å². The highest BCUT2D eigenvalue weighted by Gasteiger charge is 2.52. The fraction of sp³-hybridized carbons (Fsp3) is 0. The van der Waals surface area contributed by atoms with E-state index in [4.69, 9.17) is 14.4 Å². The van der Waals surface area contributed by atoms with Gasteiger partial charge in [-0.2, -0.15) is 0 Å². The van der Waals surface area contributed by atoms with Crippen LogP contribution in [0.1, 0.15) is 0 Å². The van der Waals surface area contributed by atoms with Crippen molar-refractivity contribution in [2.24, 2.45) is 0 Å². The van der Waals surface area contributed by atoms with E-state index in [-0.39, 0.29) is 0 Å². The lowest BCUT2D eigenvalue weighted by Gasteiger charge is -2.32. The maximum absolute atomic E-state index is 6.42. The minimum Gasteiger partial charge on any atom is -0.456 e. The van der Waals surface area contributed by atoms with Gasteiger partial charge in [-0.25, -0.2) is 9.97 Å². The molecule has 266 valence electrons. The number of benzene rings is 8. The van der Waals surface area contributed by atoms with Crippen LogP contribution in [0.25, 0.3) is 83.3 Å². The predicted molar refractivity (Wildman–Crippen MR) is 237 cm³/mol. The summed E-state index contributed by atoms with van der Waals surface area (Å²) in [6.07, 6.45) is 0. The lowest BCUT2D eigenvalue weighted by Crippen LogP contribution is -2.73. The largest absolute Gasteiger partial charge is 0.456 e. The predicted octanol–water partition coefficient (Wildman–Crippen LogP) is 10.2. The maximum atomic E-state index is 6.42. The van der Waals surface area contributed by atoms with Gasteiger partial charge in [-0.3, -0.25) is 0 Å². The minimum absolute atomic E-state index is 0.730. The van der Waals surface area contributed by atoms with E-state index in [0.29, 0.717) is 0 Å². The number of hydrogen-bond donors (Lipinski definition) is 0. The van der Waals surface area contributed by atoms with Crippen LogP contribution in [0.15, 0.2) is 205 Å². The molecule has 0 N–H and O–H groups in total. The molecule has 11 aromatic rings. The van der Waals surface area contributed by atoms with Crippen molar-refractivity contribution >= 4 is 72.6 Å². The molecule has 1 aliphatic heterocycles. The van der Waals surface area contributed by atoms with Crippen LogP contribution in [0.3, 0.4) is 0 Å². The van der Waals surface area contributed by atoms with E-state index in [0.717, 1.165) is 72.6 Å². The summed E-state index contributed by atoms with van der Waals surface area (Å²) >= 11 is 0. The maximum Gasteiger partial charge on any atom is 0.185 e. The second-order valence-corrected chi connectivity index (χ2v) is 18.5. The van der Waals surface area contributed by atoms with Crippen LogP contribution in [0, 0.1) is 0 Å². The van der Waals surface area contributed by atoms with E-state index >= 15 is 0 Å². The first kappa shape index (κ1) is 32.0. The third kappa shape index (κ3) is 4.55. The van der Waals surface area contributed by atoms with Crippen LogP contribution in [-0.2, 0) is 0 Å². The Kier molecular flexibility index (Phi) is 6.91. The van der Waals surface area contributed by atoms with Crippen molar-refractivity contribution in [3.63, 3.8) is 0 Å². The van der Waals surface area contributed by atoms with E-state index in [1.807, 2.05) is 12.1 Å². The van der Waals surface area contributed by atoms with E-state index < -0.39 is 8.07 Å². The molecule has 0 atom stereocenters. The van der Waals surface area contributed by atoms with E-state index in [9.17, 15) is 0 Å². The van der Waals surface area contributed by atoms with Crippen LogP contribution < -0.4 is 20.7 Å². The van der Waals surface area contributed by atoms with Gasteiger partial charge in [0.1, 0.15) is 11.2 Å². The van der Waals surface area contributed by atoms with Gasteiger partial charge in [0.15, 0.2) is 13.9 Å². The minimum atomic E-state index is -3.08. The van der Waals surface area contributed by atoms with Gasteiger partial charge < -0.3 is 8.98 Å². The number of furan rings is 1. The molecular formula is C52H33N3OSi. The number of rotatable bonds is 5. The molecule has 1 aliphatic rings. The van der Waals surface area contributed by atoms with Crippen LogP contribution in [0.4, 0.5) is 0 Å². The molecule has 5 heteroatoms. The zero-order valence-corrected chi connectivity index (χ0v) is 31.8.